The molecule has 0 saturated carbocycles. The summed E-state index contributed by atoms with van der Waals surface area (Å²) in [5.41, 5.74) is 12.6. The van der Waals surface area contributed by atoms with Crippen molar-refractivity contribution in [3.8, 4) is 33.8 Å². The summed E-state index contributed by atoms with van der Waals surface area (Å²) in [5.74, 6) is 1.80. The summed E-state index contributed by atoms with van der Waals surface area (Å²) in [4.78, 5) is 2.42. The first-order valence-corrected chi connectivity index (χ1v) is 18.3. The van der Waals surface area contributed by atoms with Crippen molar-refractivity contribution in [2.75, 3.05) is 4.90 Å². The Balaban J connectivity index is 1.18. The molecule has 1 heterocycles. The van der Waals surface area contributed by atoms with Gasteiger partial charge in [0.15, 0.2) is 0 Å². The van der Waals surface area contributed by atoms with E-state index in [1.165, 1.54) is 66.1 Å². The molecule has 1 aliphatic heterocycles. The summed E-state index contributed by atoms with van der Waals surface area (Å²) in [6.07, 6.45) is 0. The Morgan fingerprint density at radius 3 is 1.77 bits per heavy atom. The second-order valence-electron chi connectivity index (χ2n) is 14.0. The Morgan fingerprint density at radius 1 is 0.377 bits per heavy atom. The number of hydrogen-bond donors (Lipinski definition) is 0. The fourth-order valence-electron chi connectivity index (χ4n) is 9.07. The van der Waals surface area contributed by atoms with Crippen LogP contribution < -0.4 is 9.64 Å². The van der Waals surface area contributed by atoms with Gasteiger partial charge in [-0.1, -0.05) is 152 Å². The van der Waals surface area contributed by atoms with E-state index < -0.39 is 5.41 Å². The van der Waals surface area contributed by atoms with Gasteiger partial charge < -0.3 is 9.64 Å². The minimum Gasteiger partial charge on any atom is -0.457 e. The van der Waals surface area contributed by atoms with E-state index >= 15 is 0 Å². The molecule has 248 valence electrons. The number of rotatable bonds is 4. The van der Waals surface area contributed by atoms with Gasteiger partial charge in [-0.05, 0) is 98.1 Å². The summed E-state index contributed by atoms with van der Waals surface area (Å²) >= 11 is 0. The van der Waals surface area contributed by atoms with Crippen molar-refractivity contribution in [1.82, 2.24) is 0 Å². The first-order valence-electron chi connectivity index (χ1n) is 18.3. The van der Waals surface area contributed by atoms with Crippen molar-refractivity contribution in [2.24, 2.45) is 0 Å². The number of nitrogens with zero attached hydrogens (tertiary/aromatic N) is 1. The van der Waals surface area contributed by atoms with Gasteiger partial charge in [-0.2, -0.15) is 0 Å². The molecular formula is C51H33NO. The average molecular weight is 676 g/mol. The third kappa shape index (κ3) is 4.33. The Hall–Kier alpha value is -6.90. The maximum absolute atomic E-state index is 6.64. The quantitative estimate of drug-likeness (QED) is 0.184. The van der Waals surface area contributed by atoms with Gasteiger partial charge in [0.05, 0.1) is 11.1 Å². The van der Waals surface area contributed by atoms with E-state index in [2.05, 4.69) is 205 Å². The van der Waals surface area contributed by atoms with Crippen LogP contribution in [0.2, 0.25) is 0 Å². The van der Waals surface area contributed by atoms with E-state index in [9.17, 15) is 0 Å². The maximum atomic E-state index is 6.64. The molecule has 11 rings (SSSR count). The van der Waals surface area contributed by atoms with Crippen LogP contribution in [0.5, 0.6) is 11.5 Å². The van der Waals surface area contributed by atoms with Crippen LogP contribution in [-0.4, -0.2) is 0 Å². The number of benzene rings is 9. The third-order valence-corrected chi connectivity index (χ3v) is 11.3. The summed E-state index contributed by atoms with van der Waals surface area (Å²) in [6.45, 7) is 0. The fourth-order valence-corrected chi connectivity index (χ4v) is 9.07. The summed E-state index contributed by atoms with van der Waals surface area (Å²) in [6, 6.07) is 72.7. The van der Waals surface area contributed by atoms with Crippen molar-refractivity contribution in [1.29, 1.82) is 0 Å². The molecule has 1 spiro atoms. The molecule has 2 aliphatic rings. The fraction of sp³-hybridized carbons (Fsp3) is 0.0196. The Kier molecular flexibility index (Phi) is 6.50. The Bertz CT molecular complexity index is 2830. The van der Waals surface area contributed by atoms with Crippen LogP contribution in [0.1, 0.15) is 22.3 Å². The number of fused-ring (bicyclic) bond motifs is 9. The minimum atomic E-state index is -0.565. The highest BCUT2D eigenvalue weighted by Gasteiger charge is 2.49. The van der Waals surface area contributed by atoms with E-state index in [0.717, 1.165) is 28.6 Å². The van der Waals surface area contributed by atoms with Crippen molar-refractivity contribution in [3.63, 3.8) is 0 Å². The lowest BCUT2D eigenvalue weighted by Gasteiger charge is -2.45. The number of ether oxygens (including phenoxy) is 1. The second kappa shape index (κ2) is 11.6. The highest BCUT2D eigenvalue weighted by molar-refractivity contribution is 6.12. The molecule has 0 N–H and O–H groups in total. The van der Waals surface area contributed by atoms with Gasteiger partial charge in [0, 0.05) is 27.9 Å². The first-order chi connectivity index (χ1) is 26.3. The van der Waals surface area contributed by atoms with Gasteiger partial charge in [0.2, 0.25) is 0 Å². The van der Waals surface area contributed by atoms with Gasteiger partial charge in [0.1, 0.15) is 11.5 Å². The summed E-state index contributed by atoms with van der Waals surface area (Å²) in [5, 5.41) is 4.90. The van der Waals surface area contributed by atoms with Crippen LogP contribution in [0.4, 0.5) is 17.1 Å². The number of para-hydroxylation sites is 3. The van der Waals surface area contributed by atoms with Gasteiger partial charge in [0.25, 0.3) is 0 Å². The van der Waals surface area contributed by atoms with Crippen LogP contribution in [0.15, 0.2) is 200 Å². The van der Waals surface area contributed by atoms with Gasteiger partial charge >= 0.3 is 0 Å². The van der Waals surface area contributed by atoms with Gasteiger partial charge in [-0.25, -0.2) is 0 Å². The summed E-state index contributed by atoms with van der Waals surface area (Å²) in [7, 11) is 0. The zero-order chi connectivity index (χ0) is 34.9. The molecule has 0 radical (unpaired) electrons. The molecule has 0 aromatic heterocycles. The molecule has 0 unspecified atom stereocenters. The predicted molar refractivity (Wildman–Crippen MR) is 219 cm³/mol. The van der Waals surface area contributed by atoms with Crippen LogP contribution in [-0.2, 0) is 5.41 Å². The smallest absolute Gasteiger partial charge is 0.132 e. The number of hydrogen-bond acceptors (Lipinski definition) is 2. The lowest BCUT2D eigenvalue weighted by molar-refractivity contribution is 0.435. The van der Waals surface area contributed by atoms with Crippen molar-refractivity contribution in [3.05, 3.63) is 222 Å². The zero-order valence-electron chi connectivity index (χ0n) is 28.9. The molecule has 0 fully saturated rings. The van der Waals surface area contributed by atoms with Crippen LogP contribution in [0.3, 0.4) is 0 Å². The van der Waals surface area contributed by atoms with Crippen molar-refractivity contribution >= 4 is 38.6 Å². The Morgan fingerprint density at radius 2 is 1.00 bits per heavy atom. The monoisotopic (exact) mass is 675 g/mol. The van der Waals surface area contributed by atoms with Gasteiger partial charge in [-0.3, -0.25) is 0 Å². The molecule has 1 aliphatic carbocycles. The predicted octanol–water partition coefficient (Wildman–Crippen LogP) is 13.6. The molecule has 9 aromatic carbocycles. The molecule has 2 heteroatoms. The zero-order valence-corrected chi connectivity index (χ0v) is 28.9. The van der Waals surface area contributed by atoms with Crippen LogP contribution in [0.25, 0.3) is 43.8 Å². The summed E-state index contributed by atoms with van der Waals surface area (Å²) < 4.78 is 6.64. The Labute approximate surface area is 308 Å². The van der Waals surface area contributed by atoms with E-state index in [1.807, 2.05) is 0 Å². The maximum Gasteiger partial charge on any atom is 0.132 e. The van der Waals surface area contributed by atoms with Crippen LogP contribution in [0, 0.1) is 0 Å². The molecule has 0 saturated heterocycles. The molecule has 0 atom stereocenters. The molecule has 2 nitrogen and oxygen atoms in total. The largest absolute Gasteiger partial charge is 0.457 e. The molecule has 0 bridgehead atoms. The average Bonchev–Trinajstić information content (AvgIpc) is 3.23. The standard InChI is InChI=1S/C51H33NO/c1-3-14-34(15-4-1)35-26-27-37-33-39(29-28-36(37)32-35)52(38-16-5-2-6-17-38)47-31-30-41-40-18-7-8-20-43(40)51(46-23-13-19-42(47)50(41)46)44-21-9-11-24-48(44)53-49-25-12-10-22-45(49)51/h1-33H. The number of anilines is 3. The van der Waals surface area contributed by atoms with Crippen LogP contribution >= 0.6 is 0 Å². The SMILES string of the molecule is c1ccc(-c2ccc3cc(N(c4ccccc4)c4ccc5c6c(cccc46)C4(c6ccccc6Oc6ccccc64)c4ccccc4-5)ccc3c2)cc1. The van der Waals surface area contributed by atoms with E-state index in [4.69, 9.17) is 4.74 Å². The lowest BCUT2D eigenvalue weighted by atomic mass is 9.58. The molecule has 0 amide bonds. The lowest BCUT2D eigenvalue weighted by Crippen LogP contribution is -2.36. The second-order valence-corrected chi connectivity index (χ2v) is 14.0. The highest BCUT2D eigenvalue weighted by Crippen LogP contribution is 2.61. The van der Waals surface area contributed by atoms with Gasteiger partial charge in [-0.15, -0.1) is 0 Å². The first kappa shape index (κ1) is 29.8. The van der Waals surface area contributed by atoms with E-state index in [0.29, 0.717) is 0 Å². The normalized spacial score (nSPS) is 13.2. The topological polar surface area (TPSA) is 12.5 Å². The molecule has 53 heavy (non-hydrogen) atoms. The van der Waals surface area contributed by atoms with E-state index in [1.54, 1.807) is 0 Å². The molecular weight excluding hydrogens is 643 g/mol. The van der Waals surface area contributed by atoms with Crippen molar-refractivity contribution in [2.45, 2.75) is 5.41 Å². The van der Waals surface area contributed by atoms with E-state index in [-0.39, 0.29) is 0 Å². The van der Waals surface area contributed by atoms with Crippen molar-refractivity contribution < 1.29 is 4.74 Å². The third-order valence-electron chi connectivity index (χ3n) is 11.3. The molecule has 9 aromatic rings. The highest BCUT2D eigenvalue weighted by atomic mass is 16.5. The minimum absolute atomic E-state index is 0.565.